The van der Waals surface area contributed by atoms with E-state index in [2.05, 4.69) is 20.6 Å². The summed E-state index contributed by atoms with van der Waals surface area (Å²) >= 11 is 0. The lowest BCUT2D eigenvalue weighted by molar-refractivity contribution is 0.0677. The van der Waals surface area contributed by atoms with Gasteiger partial charge in [-0.1, -0.05) is 0 Å². The van der Waals surface area contributed by atoms with E-state index in [1.807, 2.05) is 0 Å². The number of nitrogens with zero attached hydrogens (tertiary/aromatic N) is 2. The van der Waals surface area contributed by atoms with Crippen molar-refractivity contribution in [2.45, 2.75) is 27.7 Å². The molecule has 0 bridgehead atoms. The number of aryl methyl sites for hydroxylation is 4. The minimum atomic E-state index is -1.51. The Bertz CT molecular complexity index is 1210. The average Bonchev–Trinajstić information content (AvgIpc) is 2.70. The summed E-state index contributed by atoms with van der Waals surface area (Å²) < 4.78 is 0. The highest BCUT2D eigenvalue weighted by Gasteiger charge is 2.26. The molecule has 3 rings (SSSR count). The maximum atomic E-state index is 12.9. The van der Waals surface area contributed by atoms with Crippen LogP contribution in [0.2, 0.25) is 0 Å². The molecule has 0 spiro atoms. The van der Waals surface area contributed by atoms with Gasteiger partial charge >= 0.3 is 11.9 Å². The minimum Gasteiger partial charge on any atom is -0.478 e. The van der Waals surface area contributed by atoms with E-state index in [-0.39, 0.29) is 17.1 Å². The molecular weight excluding hydrogens is 456 g/mol. The van der Waals surface area contributed by atoms with Gasteiger partial charge in [-0.25, -0.2) is 19.6 Å². The predicted molar refractivity (Wildman–Crippen MR) is 127 cm³/mol. The van der Waals surface area contributed by atoms with Crippen molar-refractivity contribution in [1.29, 1.82) is 0 Å². The summed E-state index contributed by atoms with van der Waals surface area (Å²) in [4.78, 5) is 57.9. The van der Waals surface area contributed by atoms with Crippen LogP contribution in [-0.4, -0.2) is 49.4 Å². The molecule has 0 atom stereocenters. The normalized spacial score (nSPS) is 10.2. The van der Waals surface area contributed by atoms with E-state index < -0.39 is 46.0 Å². The molecular formula is C24H24N4O7. The highest BCUT2D eigenvalue weighted by atomic mass is 16.4. The highest BCUT2D eigenvalue weighted by molar-refractivity contribution is 6.16. The number of carboxylic acid groups (broad SMARTS) is 2. The smallest absolute Gasteiger partial charge is 0.336 e. The summed E-state index contributed by atoms with van der Waals surface area (Å²) in [5.74, 6) is -4.40. The molecule has 0 aliphatic carbocycles. The predicted octanol–water partition coefficient (Wildman–Crippen LogP) is 2.79. The Morgan fingerprint density at radius 1 is 0.600 bits per heavy atom. The molecule has 3 aromatic rings. The molecule has 0 radical (unpaired) electrons. The molecule has 11 heteroatoms. The molecule has 2 amide bonds. The van der Waals surface area contributed by atoms with Crippen LogP contribution in [0.15, 0.2) is 36.4 Å². The second-order valence-corrected chi connectivity index (χ2v) is 7.80. The second kappa shape index (κ2) is 10.5. The van der Waals surface area contributed by atoms with E-state index >= 15 is 0 Å². The number of hydrogen-bond donors (Lipinski definition) is 4. The van der Waals surface area contributed by atoms with Gasteiger partial charge in [0.15, 0.2) is 0 Å². The van der Waals surface area contributed by atoms with Crippen LogP contribution in [0.4, 0.5) is 11.6 Å². The van der Waals surface area contributed by atoms with Crippen molar-refractivity contribution in [2.24, 2.45) is 0 Å². The number of aromatic nitrogens is 2. The van der Waals surface area contributed by atoms with E-state index in [1.165, 1.54) is 0 Å². The fourth-order valence-corrected chi connectivity index (χ4v) is 3.51. The van der Waals surface area contributed by atoms with Gasteiger partial charge in [0.2, 0.25) is 0 Å². The number of nitrogens with one attached hydrogen (secondary N) is 2. The monoisotopic (exact) mass is 480 g/mol. The lowest BCUT2D eigenvalue weighted by Crippen LogP contribution is -2.23. The number of hydrogen-bond acceptors (Lipinski definition) is 6. The molecule has 0 unspecified atom stereocenters. The Kier molecular flexibility index (Phi) is 8.00. The van der Waals surface area contributed by atoms with Crippen LogP contribution in [0.3, 0.4) is 0 Å². The Morgan fingerprint density at radius 2 is 0.943 bits per heavy atom. The first-order valence-corrected chi connectivity index (χ1v) is 10.1. The third-order valence-corrected chi connectivity index (χ3v) is 4.79. The van der Waals surface area contributed by atoms with Crippen LogP contribution in [-0.2, 0) is 0 Å². The topological polar surface area (TPSA) is 190 Å². The fourth-order valence-electron chi connectivity index (χ4n) is 3.51. The van der Waals surface area contributed by atoms with Gasteiger partial charge in [0.05, 0.1) is 22.3 Å². The SMILES string of the molecule is Cc1cc(C)nc(NC(=O)c2cc(C(=O)O)c(C(=O)Nc3cc(C)cc(C)n3)cc2C(=O)O)c1.O. The number of carbonyl (C=O) groups excluding carboxylic acids is 2. The molecule has 2 heterocycles. The standard InChI is InChI=1S/C24H22N4O6.H2O/c1-11-5-13(3)25-19(7-11)27-21(29)15-9-18(24(33)34)16(10-17(15)23(31)32)22(30)28-20-8-12(2)6-14(4)26-20;/h5-10H,1-4H3,(H,31,32)(H,33,34)(H,25,27,29)(H,26,28,30);1H2. The van der Waals surface area contributed by atoms with Gasteiger partial charge in [0.25, 0.3) is 11.8 Å². The maximum Gasteiger partial charge on any atom is 0.336 e. The number of aromatic carboxylic acids is 2. The largest absolute Gasteiger partial charge is 0.478 e. The van der Waals surface area contributed by atoms with Crippen molar-refractivity contribution in [1.82, 2.24) is 9.97 Å². The number of carbonyl (C=O) groups is 4. The molecule has 0 aliphatic heterocycles. The van der Waals surface area contributed by atoms with Crippen LogP contribution in [0.25, 0.3) is 0 Å². The fraction of sp³-hybridized carbons (Fsp3) is 0.167. The van der Waals surface area contributed by atoms with Crippen molar-refractivity contribution in [2.75, 3.05) is 10.6 Å². The van der Waals surface area contributed by atoms with Gasteiger partial charge in [0.1, 0.15) is 11.6 Å². The molecule has 0 fully saturated rings. The Labute approximate surface area is 200 Å². The molecule has 2 aromatic heterocycles. The van der Waals surface area contributed by atoms with Gasteiger partial charge < -0.3 is 26.3 Å². The number of amides is 2. The summed E-state index contributed by atoms with van der Waals surface area (Å²) in [5.41, 5.74) is 0.979. The van der Waals surface area contributed by atoms with Crippen molar-refractivity contribution >= 4 is 35.4 Å². The zero-order chi connectivity index (χ0) is 25.2. The van der Waals surface area contributed by atoms with Crippen LogP contribution < -0.4 is 10.6 Å². The summed E-state index contributed by atoms with van der Waals surface area (Å²) in [6.07, 6.45) is 0. The number of pyridine rings is 2. The third-order valence-electron chi connectivity index (χ3n) is 4.79. The van der Waals surface area contributed by atoms with E-state index in [0.29, 0.717) is 11.4 Å². The zero-order valence-electron chi connectivity index (χ0n) is 19.4. The highest BCUT2D eigenvalue weighted by Crippen LogP contribution is 2.22. The summed E-state index contributed by atoms with van der Waals surface area (Å²) in [7, 11) is 0. The van der Waals surface area contributed by atoms with Gasteiger partial charge in [-0.15, -0.1) is 0 Å². The first-order chi connectivity index (χ1) is 15.9. The molecule has 0 saturated heterocycles. The van der Waals surface area contributed by atoms with Gasteiger partial charge in [-0.3, -0.25) is 9.59 Å². The lowest BCUT2D eigenvalue weighted by atomic mass is 9.97. The number of benzene rings is 1. The molecule has 35 heavy (non-hydrogen) atoms. The minimum absolute atomic E-state index is 0. The Hall–Kier alpha value is -4.64. The number of anilines is 2. The van der Waals surface area contributed by atoms with Crippen LogP contribution in [0.5, 0.6) is 0 Å². The van der Waals surface area contributed by atoms with Crippen molar-refractivity contribution in [3.05, 3.63) is 81.2 Å². The summed E-state index contributed by atoms with van der Waals surface area (Å²) in [6, 6.07) is 8.49. The number of rotatable bonds is 6. The Morgan fingerprint density at radius 3 is 1.23 bits per heavy atom. The van der Waals surface area contributed by atoms with Crippen molar-refractivity contribution < 1.29 is 34.9 Å². The number of carboxylic acids is 2. The quantitative estimate of drug-likeness (QED) is 0.414. The van der Waals surface area contributed by atoms with Gasteiger partial charge in [-0.2, -0.15) is 0 Å². The summed E-state index contributed by atoms with van der Waals surface area (Å²) in [6.45, 7) is 7.05. The molecule has 1 aromatic carbocycles. The molecule has 0 aliphatic rings. The van der Waals surface area contributed by atoms with Crippen molar-refractivity contribution in [3.63, 3.8) is 0 Å². The average molecular weight is 480 g/mol. The van der Waals surface area contributed by atoms with Crippen LogP contribution in [0.1, 0.15) is 63.9 Å². The van der Waals surface area contributed by atoms with E-state index in [9.17, 15) is 29.4 Å². The molecule has 0 saturated carbocycles. The van der Waals surface area contributed by atoms with E-state index in [0.717, 1.165) is 23.3 Å². The second-order valence-electron chi connectivity index (χ2n) is 7.80. The molecule has 182 valence electrons. The Balaban J connectivity index is 0.00000432. The van der Waals surface area contributed by atoms with Gasteiger partial charge in [0, 0.05) is 11.4 Å². The lowest BCUT2D eigenvalue weighted by Gasteiger charge is -2.13. The van der Waals surface area contributed by atoms with Crippen molar-refractivity contribution in [3.8, 4) is 0 Å². The van der Waals surface area contributed by atoms with E-state index in [4.69, 9.17) is 0 Å². The maximum absolute atomic E-state index is 12.9. The first-order valence-electron chi connectivity index (χ1n) is 10.1. The van der Waals surface area contributed by atoms with E-state index in [1.54, 1.807) is 52.0 Å². The van der Waals surface area contributed by atoms with Crippen LogP contribution >= 0.6 is 0 Å². The summed E-state index contributed by atoms with van der Waals surface area (Å²) in [5, 5.41) is 24.3. The van der Waals surface area contributed by atoms with Gasteiger partial charge in [-0.05, 0) is 75.2 Å². The molecule has 6 N–H and O–H groups in total. The first kappa shape index (κ1) is 26.6. The third kappa shape index (κ3) is 6.24. The van der Waals surface area contributed by atoms with Crippen LogP contribution in [0, 0.1) is 27.7 Å². The zero-order valence-corrected chi connectivity index (χ0v) is 19.4. The molecule has 11 nitrogen and oxygen atoms in total.